The molecule has 1 rings (SSSR count). The Morgan fingerprint density at radius 3 is 1.51 bits per heavy atom. The Balaban J connectivity index is 2.45. The van der Waals surface area contributed by atoms with Crippen molar-refractivity contribution in [2.45, 2.75) is 224 Å². The molecule has 0 aliphatic carbocycles. The largest absolute Gasteiger partial charge is 0.462 e. The maximum Gasteiger partial charge on any atom is 0.306 e. The van der Waals surface area contributed by atoms with Gasteiger partial charge in [-0.2, -0.15) is 8.42 Å². The van der Waals surface area contributed by atoms with Gasteiger partial charge in [0.05, 0.1) is 6.61 Å². The van der Waals surface area contributed by atoms with Crippen LogP contribution in [0.5, 0.6) is 0 Å². The molecule has 0 radical (unpaired) electrons. The minimum atomic E-state index is -4.60. The van der Waals surface area contributed by atoms with Crippen molar-refractivity contribution in [3.8, 4) is 0 Å². The van der Waals surface area contributed by atoms with E-state index in [2.05, 4.69) is 26.0 Å². The molecular formula is C42H78O12S. The average Bonchev–Trinajstić information content (AvgIpc) is 3.14. The van der Waals surface area contributed by atoms with E-state index in [-0.39, 0.29) is 19.4 Å². The first kappa shape index (κ1) is 51.4. The molecule has 0 saturated carbocycles. The van der Waals surface area contributed by atoms with Crippen LogP contribution in [0.1, 0.15) is 187 Å². The maximum absolute atomic E-state index is 12.8. The van der Waals surface area contributed by atoms with Gasteiger partial charge in [0.2, 0.25) is 0 Å². The zero-order valence-electron chi connectivity index (χ0n) is 34.3. The highest BCUT2D eigenvalue weighted by Crippen LogP contribution is 2.24. The van der Waals surface area contributed by atoms with Crippen LogP contribution in [0, 0.1) is 0 Å². The number of hydrogen-bond acceptors (Lipinski definition) is 11. The van der Waals surface area contributed by atoms with Crippen molar-refractivity contribution >= 4 is 22.1 Å². The fraction of sp³-hybridized carbons (Fsp3) is 0.905. The van der Waals surface area contributed by atoms with Gasteiger partial charge in [0, 0.05) is 12.8 Å². The van der Waals surface area contributed by atoms with Crippen LogP contribution < -0.4 is 0 Å². The van der Waals surface area contributed by atoms with E-state index in [0.717, 1.165) is 51.4 Å². The van der Waals surface area contributed by atoms with E-state index in [4.69, 9.17) is 18.9 Å². The molecule has 0 bridgehead atoms. The summed E-state index contributed by atoms with van der Waals surface area (Å²) in [4.78, 5) is 25.3. The minimum absolute atomic E-state index is 0.163. The number of allylic oxidation sites excluding steroid dienone is 2. The molecule has 0 aromatic carbocycles. The monoisotopic (exact) mass is 807 g/mol. The molecular weight excluding hydrogens is 729 g/mol. The summed E-state index contributed by atoms with van der Waals surface area (Å²) in [7, 11) is -4.60. The van der Waals surface area contributed by atoms with Gasteiger partial charge in [0.15, 0.2) is 12.4 Å². The lowest BCUT2D eigenvalue weighted by atomic mass is 10.00. The quantitative estimate of drug-likeness (QED) is 0.0206. The van der Waals surface area contributed by atoms with Gasteiger partial charge in [-0.15, -0.1) is 0 Å². The predicted molar refractivity (Wildman–Crippen MR) is 215 cm³/mol. The van der Waals surface area contributed by atoms with Crippen LogP contribution in [0.2, 0.25) is 0 Å². The fourth-order valence-corrected chi connectivity index (χ4v) is 7.36. The third-order valence-electron chi connectivity index (χ3n) is 10.1. The molecule has 0 aromatic rings. The van der Waals surface area contributed by atoms with E-state index < -0.39 is 71.2 Å². The molecule has 0 amide bonds. The molecule has 1 heterocycles. The van der Waals surface area contributed by atoms with Crippen LogP contribution in [0.3, 0.4) is 0 Å². The van der Waals surface area contributed by atoms with Crippen molar-refractivity contribution in [2.75, 3.05) is 19.0 Å². The van der Waals surface area contributed by atoms with Crippen molar-refractivity contribution in [1.82, 2.24) is 0 Å². The van der Waals surface area contributed by atoms with Crippen molar-refractivity contribution in [3.63, 3.8) is 0 Å². The van der Waals surface area contributed by atoms with Crippen LogP contribution in [0.25, 0.3) is 0 Å². The zero-order valence-corrected chi connectivity index (χ0v) is 35.1. The van der Waals surface area contributed by atoms with Crippen molar-refractivity contribution < 1.29 is 56.8 Å². The Labute approximate surface area is 333 Å². The van der Waals surface area contributed by atoms with Gasteiger partial charge < -0.3 is 34.3 Å². The molecule has 0 spiro atoms. The lowest BCUT2D eigenvalue weighted by Gasteiger charge is -2.40. The number of unbranched alkanes of at least 4 members (excludes halogenated alkanes) is 22. The van der Waals surface area contributed by atoms with E-state index in [1.807, 2.05) is 0 Å². The summed E-state index contributed by atoms with van der Waals surface area (Å²) in [5, 5.41) is 30.8. The van der Waals surface area contributed by atoms with Crippen LogP contribution in [0.15, 0.2) is 12.2 Å². The highest BCUT2D eigenvalue weighted by molar-refractivity contribution is 7.85. The van der Waals surface area contributed by atoms with E-state index in [0.29, 0.717) is 12.8 Å². The standard InChI is InChI=1S/C42H78O12S/c1-3-5-7-9-11-13-15-16-17-18-19-20-21-23-25-27-29-31-38(44)53-35(32-51-37(43)30-28-26-24-22-14-12-10-8-6-4-2)33-52-42-41(47)40(46)39(45)36(54-42)34-55(48,49)50/h16-17,35-36,39-42,45-47H,3-15,18-34H2,1-2H3,(H,48,49,50)/b17-16-. The molecule has 1 fully saturated rings. The van der Waals surface area contributed by atoms with Crippen molar-refractivity contribution in [3.05, 3.63) is 12.2 Å². The van der Waals surface area contributed by atoms with Crippen LogP contribution in [0.4, 0.5) is 0 Å². The summed E-state index contributed by atoms with van der Waals surface area (Å²) < 4.78 is 53.9. The molecule has 6 unspecified atom stereocenters. The maximum atomic E-state index is 12.8. The third-order valence-corrected chi connectivity index (χ3v) is 10.8. The first-order chi connectivity index (χ1) is 26.5. The molecule has 4 N–H and O–H groups in total. The van der Waals surface area contributed by atoms with E-state index in [1.165, 1.54) is 96.3 Å². The lowest BCUT2D eigenvalue weighted by Crippen LogP contribution is -2.60. The van der Waals surface area contributed by atoms with Crippen LogP contribution in [-0.2, 0) is 38.7 Å². The summed E-state index contributed by atoms with van der Waals surface area (Å²) in [6.45, 7) is 3.73. The summed E-state index contributed by atoms with van der Waals surface area (Å²) >= 11 is 0. The topological polar surface area (TPSA) is 186 Å². The van der Waals surface area contributed by atoms with Crippen LogP contribution in [-0.4, -0.2) is 96.0 Å². The first-order valence-corrected chi connectivity index (χ1v) is 23.4. The Hall–Kier alpha value is -1.61. The normalized spacial score (nSPS) is 20.9. The van der Waals surface area contributed by atoms with Crippen molar-refractivity contribution in [1.29, 1.82) is 0 Å². The molecule has 13 heteroatoms. The SMILES string of the molecule is CCCCCCCC/C=C\CCCCCCCCCC(=O)OC(COC(=O)CCCCCCCCCCCC)COC1OC(CS(=O)(=O)O)C(O)C(O)C1O. The smallest absolute Gasteiger partial charge is 0.306 e. The molecule has 1 saturated heterocycles. The zero-order chi connectivity index (χ0) is 40.6. The highest BCUT2D eigenvalue weighted by Gasteiger charge is 2.46. The van der Waals surface area contributed by atoms with E-state index >= 15 is 0 Å². The molecule has 12 nitrogen and oxygen atoms in total. The molecule has 1 aliphatic heterocycles. The number of aliphatic hydroxyl groups excluding tert-OH is 3. The van der Waals surface area contributed by atoms with Gasteiger partial charge in [-0.25, -0.2) is 0 Å². The second-order valence-electron chi connectivity index (χ2n) is 15.4. The average molecular weight is 807 g/mol. The number of hydrogen-bond donors (Lipinski definition) is 4. The highest BCUT2D eigenvalue weighted by atomic mass is 32.2. The number of carbonyl (C=O) groups excluding carboxylic acids is 2. The molecule has 55 heavy (non-hydrogen) atoms. The van der Waals surface area contributed by atoms with Gasteiger partial charge in [0.25, 0.3) is 10.1 Å². The summed E-state index contributed by atoms with van der Waals surface area (Å²) in [6, 6.07) is 0. The van der Waals surface area contributed by atoms with E-state index in [1.54, 1.807) is 0 Å². The van der Waals surface area contributed by atoms with Gasteiger partial charge in [-0.3, -0.25) is 14.1 Å². The number of rotatable bonds is 36. The molecule has 324 valence electrons. The van der Waals surface area contributed by atoms with Gasteiger partial charge >= 0.3 is 11.9 Å². The van der Waals surface area contributed by atoms with Gasteiger partial charge in [0.1, 0.15) is 36.8 Å². The van der Waals surface area contributed by atoms with Gasteiger partial charge in [-0.05, 0) is 38.5 Å². The molecule has 0 aromatic heterocycles. The second kappa shape index (κ2) is 33.4. The van der Waals surface area contributed by atoms with Crippen LogP contribution >= 0.6 is 0 Å². The fourth-order valence-electron chi connectivity index (χ4n) is 6.67. The second-order valence-corrected chi connectivity index (χ2v) is 16.9. The minimum Gasteiger partial charge on any atom is -0.462 e. The van der Waals surface area contributed by atoms with E-state index in [9.17, 15) is 37.9 Å². The summed E-state index contributed by atoms with van der Waals surface area (Å²) in [5.41, 5.74) is 0. The number of aliphatic hydroxyl groups is 3. The first-order valence-electron chi connectivity index (χ1n) is 21.7. The third kappa shape index (κ3) is 28.4. The number of ether oxygens (including phenoxy) is 4. The van der Waals surface area contributed by atoms with Crippen molar-refractivity contribution in [2.24, 2.45) is 0 Å². The summed E-state index contributed by atoms with van der Waals surface area (Å²) in [5.74, 6) is -1.98. The predicted octanol–water partition coefficient (Wildman–Crippen LogP) is 8.28. The Morgan fingerprint density at radius 2 is 1.04 bits per heavy atom. The molecule has 6 atom stereocenters. The Morgan fingerprint density at radius 1 is 0.600 bits per heavy atom. The number of carbonyl (C=O) groups is 2. The molecule has 1 aliphatic rings. The Kier molecular flexibility index (Phi) is 31.2. The summed E-state index contributed by atoms with van der Waals surface area (Å²) in [6.07, 6.45) is 24.1. The van der Waals surface area contributed by atoms with Gasteiger partial charge in [-0.1, -0.05) is 148 Å². The number of esters is 2. The Bertz CT molecular complexity index is 1080. The lowest BCUT2D eigenvalue weighted by molar-refractivity contribution is -0.297.